The Morgan fingerprint density at radius 2 is 1.46 bits per heavy atom. The van der Waals surface area contributed by atoms with Gasteiger partial charge in [-0.3, -0.25) is 14.4 Å². The van der Waals surface area contributed by atoms with Crippen molar-refractivity contribution in [3.8, 4) is 0 Å². The largest absolute Gasteiger partial charge is 0.340 e. The summed E-state index contributed by atoms with van der Waals surface area (Å²) in [6.45, 7) is 11.8. The molecule has 1 aromatic carbocycles. The normalized spacial score (nSPS) is 15.7. The molecular weight excluding hydrogens is 354 g/mol. The Balaban J connectivity index is 2.05. The molecule has 1 N–H and O–H groups in total. The van der Waals surface area contributed by atoms with E-state index in [0.29, 0.717) is 38.2 Å². The van der Waals surface area contributed by atoms with Gasteiger partial charge in [-0.25, -0.2) is 0 Å². The molecule has 6 nitrogen and oxygen atoms in total. The minimum atomic E-state index is -0.556. The second-order valence-electron chi connectivity index (χ2n) is 8.28. The van der Waals surface area contributed by atoms with Crippen LogP contribution in [0.25, 0.3) is 0 Å². The van der Waals surface area contributed by atoms with Gasteiger partial charge >= 0.3 is 0 Å². The van der Waals surface area contributed by atoms with E-state index in [1.807, 2.05) is 57.7 Å². The average Bonchev–Trinajstić information content (AvgIpc) is 2.66. The summed E-state index contributed by atoms with van der Waals surface area (Å²) in [6.07, 6.45) is 0.585. The Bertz CT molecular complexity index is 707. The zero-order chi connectivity index (χ0) is 20.8. The molecule has 0 aliphatic carbocycles. The second kappa shape index (κ2) is 9.71. The van der Waals surface area contributed by atoms with Gasteiger partial charge in [-0.1, -0.05) is 45.9 Å². The number of carbonyl (C=O) groups excluding carboxylic acids is 3. The van der Waals surface area contributed by atoms with Crippen molar-refractivity contribution >= 4 is 17.7 Å². The number of nitrogens with zero attached hydrogens (tertiary/aromatic N) is 2. The van der Waals surface area contributed by atoms with E-state index in [0.717, 1.165) is 5.56 Å². The Labute approximate surface area is 168 Å². The van der Waals surface area contributed by atoms with Crippen LogP contribution in [0.15, 0.2) is 24.3 Å². The van der Waals surface area contributed by atoms with Crippen LogP contribution in [-0.4, -0.2) is 59.7 Å². The molecule has 1 unspecified atom stereocenters. The molecule has 1 fully saturated rings. The lowest BCUT2D eigenvalue weighted by atomic mass is 10.0. The molecule has 1 aliphatic heterocycles. The number of carbonyl (C=O) groups is 3. The van der Waals surface area contributed by atoms with Crippen LogP contribution in [-0.2, 0) is 9.59 Å². The van der Waals surface area contributed by atoms with Gasteiger partial charge in [0.2, 0.25) is 11.8 Å². The predicted molar refractivity (Wildman–Crippen MR) is 110 cm³/mol. The molecule has 1 saturated heterocycles. The lowest BCUT2D eigenvalue weighted by molar-refractivity contribution is -0.142. The van der Waals surface area contributed by atoms with Gasteiger partial charge < -0.3 is 15.1 Å². The number of rotatable bonds is 6. The van der Waals surface area contributed by atoms with E-state index in [-0.39, 0.29) is 29.6 Å². The van der Waals surface area contributed by atoms with E-state index in [9.17, 15) is 14.4 Å². The zero-order valence-electron chi connectivity index (χ0n) is 17.7. The molecule has 0 aromatic heterocycles. The van der Waals surface area contributed by atoms with E-state index in [2.05, 4.69) is 5.32 Å². The maximum absolute atomic E-state index is 13.1. The van der Waals surface area contributed by atoms with Crippen LogP contribution in [0.5, 0.6) is 0 Å². The molecule has 0 bridgehead atoms. The first-order valence-corrected chi connectivity index (χ1v) is 10.1. The fourth-order valence-corrected chi connectivity index (χ4v) is 3.49. The van der Waals surface area contributed by atoms with Crippen LogP contribution >= 0.6 is 0 Å². The lowest BCUT2D eigenvalue weighted by Crippen LogP contribution is -2.56. The van der Waals surface area contributed by atoms with Gasteiger partial charge in [0.15, 0.2) is 0 Å². The molecule has 3 amide bonds. The van der Waals surface area contributed by atoms with Crippen LogP contribution in [0, 0.1) is 18.8 Å². The quantitative estimate of drug-likeness (QED) is 0.815. The van der Waals surface area contributed by atoms with Crippen molar-refractivity contribution in [2.75, 3.05) is 26.2 Å². The van der Waals surface area contributed by atoms with Gasteiger partial charge in [0.05, 0.1) is 0 Å². The predicted octanol–water partition coefficient (Wildman–Crippen LogP) is 2.47. The summed E-state index contributed by atoms with van der Waals surface area (Å²) >= 11 is 0. The van der Waals surface area contributed by atoms with Crippen LogP contribution < -0.4 is 5.32 Å². The summed E-state index contributed by atoms with van der Waals surface area (Å²) in [5.74, 6) is 0.0796. The fraction of sp³-hybridized carbons (Fsp3) is 0.591. The third kappa shape index (κ3) is 5.57. The standard InChI is InChI=1S/C22H33N3O3/c1-15(2)14-19(23-20(26)18-9-7-6-8-17(18)5)22(28)25-12-10-24(11-13-25)21(27)16(3)4/h6-9,15-16,19H,10-14H2,1-5H3,(H,23,26). The van der Waals surface area contributed by atoms with E-state index in [1.165, 1.54) is 0 Å². The molecule has 6 heteroatoms. The average molecular weight is 388 g/mol. The summed E-state index contributed by atoms with van der Waals surface area (Å²) in [6, 6.07) is 6.82. The topological polar surface area (TPSA) is 69.7 Å². The first-order chi connectivity index (χ1) is 13.2. The monoisotopic (exact) mass is 387 g/mol. The summed E-state index contributed by atoms with van der Waals surface area (Å²) < 4.78 is 0. The highest BCUT2D eigenvalue weighted by Crippen LogP contribution is 2.14. The Hall–Kier alpha value is -2.37. The van der Waals surface area contributed by atoms with Gasteiger partial charge in [0, 0.05) is 37.7 Å². The second-order valence-corrected chi connectivity index (χ2v) is 8.28. The lowest BCUT2D eigenvalue weighted by Gasteiger charge is -2.37. The van der Waals surface area contributed by atoms with Gasteiger partial charge in [0.1, 0.15) is 6.04 Å². The molecule has 1 aliphatic rings. The molecule has 1 aromatic rings. The third-order valence-corrected chi connectivity index (χ3v) is 5.10. The highest BCUT2D eigenvalue weighted by atomic mass is 16.2. The van der Waals surface area contributed by atoms with Gasteiger partial charge in [-0.2, -0.15) is 0 Å². The minimum Gasteiger partial charge on any atom is -0.340 e. The Kier molecular flexibility index (Phi) is 7.61. The molecule has 1 heterocycles. The van der Waals surface area contributed by atoms with Crippen LogP contribution in [0.2, 0.25) is 0 Å². The van der Waals surface area contributed by atoms with E-state index in [1.54, 1.807) is 11.0 Å². The molecule has 0 radical (unpaired) electrons. The molecular formula is C22H33N3O3. The Morgan fingerprint density at radius 3 is 1.96 bits per heavy atom. The minimum absolute atomic E-state index is 0.0376. The number of aryl methyl sites for hydroxylation is 1. The fourth-order valence-electron chi connectivity index (χ4n) is 3.49. The van der Waals surface area contributed by atoms with Crippen molar-refractivity contribution in [1.29, 1.82) is 0 Å². The van der Waals surface area contributed by atoms with Crippen molar-refractivity contribution in [3.05, 3.63) is 35.4 Å². The van der Waals surface area contributed by atoms with Gasteiger partial charge in [0.25, 0.3) is 5.91 Å². The van der Waals surface area contributed by atoms with Crippen LogP contribution in [0.3, 0.4) is 0 Å². The zero-order valence-corrected chi connectivity index (χ0v) is 17.7. The van der Waals surface area contributed by atoms with Crippen LogP contribution in [0.1, 0.15) is 50.0 Å². The van der Waals surface area contributed by atoms with E-state index >= 15 is 0 Å². The van der Waals surface area contributed by atoms with Crippen molar-refractivity contribution in [2.45, 2.75) is 47.1 Å². The SMILES string of the molecule is Cc1ccccc1C(=O)NC(CC(C)C)C(=O)N1CCN(C(=O)C(C)C)CC1. The van der Waals surface area contributed by atoms with Gasteiger partial charge in [-0.05, 0) is 30.9 Å². The Morgan fingerprint density at radius 1 is 0.929 bits per heavy atom. The number of amides is 3. The molecule has 2 rings (SSSR count). The maximum atomic E-state index is 13.1. The maximum Gasteiger partial charge on any atom is 0.252 e. The third-order valence-electron chi connectivity index (χ3n) is 5.10. The summed E-state index contributed by atoms with van der Waals surface area (Å²) in [5.41, 5.74) is 1.48. The number of hydrogen-bond donors (Lipinski definition) is 1. The number of nitrogens with one attached hydrogen (secondary N) is 1. The highest BCUT2D eigenvalue weighted by Gasteiger charge is 2.31. The summed E-state index contributed by atoms with van der Waals surface area (Å²) in [7, 11) is 0. The van der Waals surface area contributed by atoms with Crippen molar-refractivity contribution < 1.29 is 14.4 Å². The summed E-state index contributed by atoms with van der Waals surface area (Å²) in [4.78, 5) is 41.6. The van der Waals surface area contributed by atoms with Gasteiger partial charge in [-0.15, -0.1) is 0 Å². The number of benzene rings is 1. The van der Waals surface area contributed by atoms with E-state index < -0.39 is 6.04 Å². The first-order valence-electron chi connectivity index (χ1n) is 10.1. The molecule has 154 valence electrons. The molecule has 1 atom stereocenters. The van der Waals surface area contributed by atoms with Crippen molar-refractivity contribution in [2.24, 2.45) is 11.8 Å². The molecule has 0 spiro atoms. The summed E-state index contributed by atoms with van der Waals surface area (Å²) in [5, 5.41) is 2.94. The molecule has 28 heavy (non-hydrogen) atoms. The number of piperazine rings is 1. The van der Waals surface area contributed by atoms with Crippen molar-refractivity contribution in [3.63, 3.8) is 0 Å². The smallest absolute Gasteiger partial charge is 0.252 e. The van der Waals surface area contributed by atoms with Crippen molar-refractivity contribution in [1.82, 2.24) is 15.1 Å². The first kappa shape index (κ1) is 21.9. The number of hydrogen-bond acceptors (Lipinski definition) is 3. The highest BCUT2D eigenvalue weighted by molar-refractivity contribution is 5.98. The van der Waals surface area contributed by atoms with E-state index in [4.69, 9.17) is 0 Å². The van der Waals surface area contributed by atoms with Crippen LogP contribution in [0.4, 0.5) is 0 Å². The molecule has 0 saturated carbocycles.